The molecule has 0 atom stereocenters. The minimum Gasteiger partial charge on any atom is -0.497 e. The Labute approximate surface area is 156 Å². The van der Waals surface area contributed by atoms with Gasteiger partial charge >= 0.3 is 0 Å². The average molecular weight is 369 g/mol. The summed E-state index contributed by atoms with van der Waals surface area (Å²) in [5.41, 5.74) is 1.82. The van der Waals surface area contributed by atoms with Crippen molar-refractivity contribution in [1.29, 1.82) is 0 Å². The second-order valence-corrected chi connectivity index (χ2v) is 5.85. The molecule has 2 N–H and O–H groups in total. The minimum absolute atomic E-state index is 0.208. The molecule has 0 bridgehead atoms. The van der Waals surface area contributed by atoms with Crippen LogP contribution in [0, 0.1) is 0 Å². The van der Waals surface area contributed by atoms with Gasteiger partial charge in [-0.25, -0.2) is 0 Å². The molecule has 0 unspecified atom stereocenters. The van der Waals surface area contributed by atoms with E-state index in [1.165, 1.54) is 0 Å². The van der Waals surface area contributed by atoms with Crippen LogP contribution in [0.1, 0.15) is 16.1 Å². The molecule has 132 valence electrons. The van der Waals surface area contributed by atoms with E-state index in [0.717, 1.165) is 11.3 Å². The fourth-order valence-electron chi connectivity index (χ4n) is 2.23. The normalized spacial score (nSPS) is 10.2. The molecule has 0 saturated carbocycles. The lowest BCUT2D eigenvalue weighted by Crippen LogP contribution is -2.15. The molecule has 6 nitrogen and oxygen atoms in total. The number of ether oxygens (including phenoxy) is 1. The van der Waals surface area contributed by atoms with Gasteiger partial charge in [0, 0.05) is 6.54 Å². The summed E-state index contributed by atoms with van der Waals surface area (Å²) in [5, 5.41) is 14.3. The van der Waals surface area contributed by atoms with Crippen LogP contribution in [0.5, 0.6) is 5.75 Å². The molecular formula is C19H17ClN4O2. The Morgan fingerprint density at radius 1 is 1.04 bits per heavy atom. The van der Waals surface area contributed by atoms with Crippen LogP contribution in [0.3, 0.4) is 0 Å². The number of hydrogen-bond donors (Lipinski definition) is 2. The van der Waals surface area contributed by atoms with Gasteiger partial charge in [-0.2, -0.15) is 0 Å². The van der Waals surface area contributed by atoms with Crippen molar-refractivity contribution in [3.8, 4) is 5.75 Å². The second kappa shape index (κ2) is 8.31. The number of carbonyl (C=O) groups excluding carboxylic acids is 1. The van der Waals surface area contributed by atoms with Crippen LogP contribution in [0.2, 0.25) is 5.02 Å². The molecular weight excluding hydrogens is 352 g/mol. The van der Waals surface area contributed by atoms with E-state index in [9.17, 15) is 4.79 Å². The minimum atomic E-state index is -0.368. The first-order valence-corrected chi connectivity index (χ1v) is 8.30. The van der Waals surface area contributed by atoms with Crippen LogP contribution in [-0.2, 0) is 6.54 Å². The van der Waals surface area contributed by atoms with Gasteiger partial charge in [0.25, 0.3) is 5.91 Å². The molecule has 1 amide bonds. The van der Waals surface area contributed by atoms with Crippen molar-refractivity contribution < 1.29 is 9.53 Å². The summed E-state index contributed by atoms with van der Waals surface area (Å²) in [5.74, 6) is 1.02. The summed E-state index contributed by atoms with van der Waals surface area (Å²) in [7, 11) is 1.63. The van der Waals surface area contributed by atoms with Crippen molar-refractivity contribution in [3.05, 3.63) is 76.9 Å². The van der Waals surface area contributed by atoms with Gasteiger partial charge in [-0.3, -0.25) is 4.79 Å². The SMILES string of the molecule is COc1ccc(CNc2ccc(C(=O)Nc3ccccc3Cl)nn2)cc1. The maximum absolute atomic E-state index is 12.2. The molecule has 0 aliphatic rings. The van der Waals surface area contributed by atoms with Crippen LogP contribution in [0.15, 0.2) is 60.7 Å². The topological polar surface area (TPSA) is 76.1 Å². The fraction of sp³-hybridized carbons (Fsp3) is 0.105. The summed E-state index contributed by atoms with van der Waals surface area (Å²) in [6.07, 6.45) is 0. The summed E-state index contributed by atoms with van der Waals surface area (Å²) < 4.78 is 5.13. The zero-order valence-electron chi connectivity index (χ0n) is 14.1. The molecule has 3 aromatic rings. The number of carbonyl (C=O) groups is 1. The highest BCUT2D eigenvalue weighted by Gasteiger charge is 2.10. The lowest BCUT2D eigenvalue weighted by atomic mass is 10.2. The fourth-order valence-corrected chi connectivity index (χ4v) is 2.42. The van der Waals surface area contributed by atoms with Crippen molar-refractivity contribution in [3.63, 3.8) is 0 Å². The average Bonchev–Trinajstić information content (AvgIpc) is 2.69. The molecule has 0 fully saturated rings. The number of halogens is 1. The summed E-state index contributed by atoms with van der Waals surface area (Å²) in [6.45, 7) is 0.587. The number of methoxy groups -OCH3 is 1. The van der Waals surface area contributed by atoms with E-state index in [0.29, 0.717) is 23.1 Å². The van der Waals surface area contributed by atoms with E-state index < -0.39 is 0 Å². The highest BCUT2D eigenvalue weighted by molar-refractivity contribution is 6.33. The Bertz CT molecular complexity index is 883. The van der Waals surface area contributed by atoms with E-state index >= 15 is 0 Å². The maximum atomic E-state index is 12.2. The number of aromatic nitrogens is 2. The first-order valence-electron chi connectivity index (χ1n) is 7.92. The first-order chi connectivity index (χ1) is 12.7. The smallest absolute Gasteiger partial charge is 0.276 e. The number of hydrogen-bond acceptors (Lipinski definition) is 5. The predicted octanol–water partition coefficient (Wildman–Crippen LogP) is 4.00. The number of rotatable bonds is 6. The third kappa shape index (κ3) is 4.49. The summed E-state index contributed by atoms with van der Waals surface area (Å²) in [6, 6.07) is 18.0. The van der Waals surface area contributed by atoms with Crippen LogP contribution < -0.4 is 15.4 Å². The van der Waals surface area contributed by atoms with E-state index in [2.05, 4.69) is 20.8 Å². The van der Waals surface area contributed by atoms with Gasteiger partial charge in [0.2, 0.25) is 0 Å². The molecule has 0 aliphatic carbocycles. The van der Waals surface area contributed by atoms with E-state index in [4.69, 9.17) is 16.3 Å². The molecule has 0 radical (unpaired) electrons. The van der Waals surface area contributed by atoms with Gasteiger partial charge in [0.15, 0.2) is 5.69 Å². The van der Waals surface area contributed by atoms with E-state index in [1.54, 1.807) is 43.5 Å². The van der Waals surface area contributed by atoms with Crippen molar-refractivity contribution in [2.75, 3.05) is 17.7 Å². The molecule has 2 aromatic carbocycles. The van der Waals surface area contributed by atoms with Gasteiger partial charge in [0.05, 0.1) is 17.8 Å². The maximum Gasteiger partial charge on any atom is 0.276 e. The highest BCUT2D eigenvalue weighted by Crippen LogP contribution is 2.21. The highest BCUT2D eigenvalue weighted by atomic mass is 35.5. The van der Waals surface area contributed by atoms with Gasteiger partial charge in [-0.15, -0.1) is 10.2 Å². The molecule has 0 saturated heterocycles. The largest absolute Gasteiger partial charge is 0.497 e. The van der Waals surface area contributed by atoms with Gasteiger partial charge in [0.1, 0.15) is 11.6 Å². The zero-order valence-corrected chi connectivity index (χ0v) is 14.8. The quantitative estimate of drug-likeness (QED) is 0.687. The number of benzene rings is 2. The third-order valence-corrected chi connectivity index (χ3v) is 3.98. The van der Waals surface area contributed by atoms with Gasteiger partial charge in [-0.1, -0.05) is 35.9 Å². The molecule has 3 rings (SSSR count). The first kappa shape index (κ1) is 17.7. The number of amides is 1. The molecule has 1 aromatic heterocycles. The summed E-state index contributed by atoms with van der Waals surface area (Å²) in [4.78, 5) is 12.2. The van der Waals surface area contributed by atoms with Crippen LogP contribution in [0.25, 0.3) is 0 Å². The number of nitrogens with zero attached hydrogens (tertiary/aromatic N) is 2. The van der Waals surface area contributed by atoms with E-state index in [-0.39, 0.29) is 11.6 Å². The third-order valence-electron chi connectivity index (χ3n) is 3.65. The van der Waals surface area contributed by atoms with Crippen molar-refractivity contribution in [1.82, 2.24) is 10.2 Å². The van der Waals surface area contributed by atoms with Crippen LogP contribution in [0.4, 0.5) is 11.5 Å². The number of anilines is 2. The Hall–Kier alpha value is -3.12. The standard InChI is InChI=1S/C19H17ClN4O2/c1-26-14-8-6-13(7-9-14)12-21-18-11-10-17(23-24-18)19(25)22-16-5-3-2-4-15(16)20/h2-11H,12H2,1H3,(H,21,24)(H,22,25). The van der Waals surface area contributed by atoms with Crippen molar-refractivity contribution >= 4 is 29.0 Å². The number of para-hydroxylation sites is 1. The van der Waals surface area contributed by atoms with Gasteiger partial charge < -0.3 is 15.4 Å². The predicted molar refractivity (Wildman–Crippen MR) is 102 cm³/mol. The lowest BCUT2D eigenvalue weighted by Gasteiger charge is -2.08. The Morgan fingerprint density at radius 2 is 1.81 bits per heavy atom. The molecule has 1 heterocycles. The van der Waals surface area contributed by atoms with Crippen molar-refractivity contribution in [2.45, 2.75) is 6.54 Å². The second-order valence-electron chi connectivity index (χ2n) is 5.44. The van der Waals surface area contributed by atoms with Crippen molar-refractivity contribution in [2.24, 2.45) is 0 Å². The monoisotopic (exact) mass is 368 g/mol. The Balaban J connectivity index is 1.59. The Morgan fingerprint density at radius 3 is 2.46 bits per heavy atom. The number of nitrogens with one attached hydrogen (secondary N) is 2. The Kier molecular flexibility index (Phi) is 5.66. The molecule has 26 heavy (non-hydrogen) atoms. The van der Waals surface area contributed by atoms with Gasteiger partial charge in [-0.05, 0) is 42.0 Å². The molecule has 0 spiro atoms. The summed E-state index contributed by atoms with van der Waals surface area (Å²) >= 11 is 6.03. The van der Waals surface area contributed by atoms with Crippen LogP contribution in [-0.4, -0.2) is 23.2 Å². The lowest BCUT2D eigenvalue weighted by molar-refractivity contribution is 0.102. The van der Waals surface area contributed by atoms with Crippen LogP contribution >= 0.6 is 11.6 Å². The zero-order chi connectivity index (χ0) is 18.4. The molecule has 7 heteroatoms. The van der Waals surface area contributed by atoms with E-state index in [1.807, 2.05) is 24.3 Å². The molecule has 0 aliphatic heterocycles.